The van der Waals surface area contributed by atoms with E-state index < -0.39 is 0 Å². The number of H-pyrrole nitrogens is 1. The van der Waals surface area contributed by atoms with Crippen LogP contribution >= 0.6 is 15.9 Å². The number of rotatable bonds is 3. The van der Waals surface area contributed by atoms with E-state index in [1.807, 2.05) is 24.3 Å². The maximum Gasteiger partial charge on any atom is 0.272 e. The fourth-order valence-electron chi connectivity index (χ4n) is 3.87. The number of carbonyl (C=O) groups excluding carboxylic acids is 2. The summed E-state index contributed by atoms with van der Waals surface area (Å²) in [5.41, 5.74) is 2.83. The van der Waals surface area contributed by atoms with Crippen molar-refractivity contribution >= 4 is 27.7 Å². The Labute approximate surface area is 172 Å². The van der Waals surface area contributed by atoms with Gasteiger partial charge in [0.15, 0.2) is 5.69 Å². The molecule has 2 N–H and O–H groups in total. The van der Waals surface area contributed by atoms with Crippen LogP contribution in [0.3, 0.4) is 0 Å². The lowest BCUT2D eigenvalue weighted by Gasteiger charge is -2.30. The van der Waals surface area contributed by atoms with Gasteiger partial charge in [0.25, 0.3) is 11.8 Å². The van der Waals surface area contributed by atoms with Gasteiger partial charge in [-0.15, -0.1) is 0 Å². The molecule has 2 aromatic rings. The Morgan fingerprint density at radius 3 is 2.71 bits per heavy atom. The molecule has 0 radical (unpaired) electrons. The average molecular weight is 446 g/mol. The zero-order valence-corrected chi connectivity index (χ0v) is 17.5. The lowest BCUT2D eigenvalue weighted by atomic mass is 10.0. The van der Waals surface area contributed by atoms with Crippen molar-refractivity contribution in [2.24, 2.45) is 0 Å². The molecule has 2 amide bonds. The van der Waals surface area contributed by atoms with Gasteiger partial charge in [-0.2, -0.15) is 5.10 Å². The summed E-state index contributed by atoms with van der Waals surface area (Å²) in [4.78, 5) is 29.8. The van der Waals surface area contributed by atoms with Crippen LogP contribution in [0.2, 0.25) is 0 Å². The predicted molar refractivity (Wildman–Crippen MR) is 109 cm³/mol. The quantitative estimate of drug-likeness (QED) is 0.758. The number of hydrogen-bond donors (Lipinski definition) is 2. The van der Waals surface area contributed by atoms with E-state index in [2.05, 4.69) is 43.4 Å². The largest absolute Gasteiger partial charge is 0.348 e. The number of likely N-dealkylation sites (tertiary alicyclic amines) is 1. The molecule has 1 fully saturated rings. The van der Waals surface area contributed by atoms with Gasteiger partial charge in [0.2, 0.25) is 0 Å². The lowest BCUT2D eigenvalue weighted by molar-refractivity contribution is 0.0729. The van der Waals surface area contributed by atoms with E-state index in [0.29, 0.717) is 30.8 Å². The second-order valence-corrected chi connectivity index (χ2v) is 8.39. The van der Waals surface area contributed by atoms with Crippen LogP contribution in [0.25, 0.3) is 0 Å². The Kier molecular flexibility index (Phi) is 5.50. The van der Waals surface area contributed by atoms with Gasteiger partial charge in [-0.25, -0.2) is 0 Å². The summed E-state index contributed by atoms with van der Waals surface area (Å²) in [7, 11) is 2.10. The van der Waals surface area contributed by atoms with E-state index >= 15 is 0 Å². The van der Waals surface area contributed by atoms with Crippen molar-refractivity contribution in [3.8, 4) is 0 Å². The van der Waals surface area contributed by atoms with Crippen molar-refractivity contribution in [3.05, 3.63) is 51.3 Å². The third kappa shape index (κ3) is 3.84. The fraction of sp³-hybridized carbons (Fsp3) is 0.450. The molecule has 28 heavy (non-hydrogen) atoms. The Balaban J connectivity index is 1.48. The molecule has 1 aromatic heterocycles. The first-order valence-corrected chi connectivity index (χ1v) is 10.4. The van der Waals surface area contributed by atoms with Gasteiger partial charge in [-0.05, 0) is 61.0 Å². The number of nitrogens with zero attached hydrogens (tertiary/aromatic N) is 3. The summed E-state index contributed by atoms with van der Waals surface area (Å²) in [6, 6.07) is 7.59. The minimum atomic E-state index is -0.151. The first kappa shape index (κ1) is 19.1. The second kappa shape index (κ2) is 8.05. The number of hydrogen-bond acceptors (Lipinski definition) is 4. The van der Waals surface area contributed by atoms with Crippen molar-refractivity contribution in [1.82, 2.24) is 25.3 Å². The molecule has 0 atom stereocenters. The molecular weight excluding hydrogens is 422 g/mol. The van der Waals surface area contributed by atoms with E-state index in [-0.39, 0.29) is 17.9 Å². The van der Waals surface area contributed by atoms with Gasteiger partial charge >= 0.3 is 0 Å². The van der Waals surface area contributed by atoms with E-state index in [0.717, 1.165) is 41.7 Å². The summed E-state index contributed by atoms with van der Waals surface area (Å²) in [6.07, 6.45) is 2.56. The molecule has 0 aliphatic carbocycles. The molecule has 4 rings (SSSR count). The molecule has 0 spiro atoms. The zero-order valence-electron chi connectivity index (χ0n) is 15.9. The van der Waals surface area contributed by atoms with Crippen LogP contribution in [0.5, 0.6) is 0 Å². The molecule has 1 aromatic carbocycles. The predicted octanol–water partition coefficient (Wildman–Crippen LogP) is 2.19. The van der Waals surface area contributed by atoms with Crippen molar-refractivity contribution in [1.29, 1.82) is 0 Å². The van der Waals surface area contributed by atoms with Crippen LogP contribution in [-0.4, -0.2) is 64.5 Å². The molecular formula is C20H24BrN5O2. The molecule has 148 valence electrons. The molecule has 3 heterocycles. The summed E-state index contributed by atoms with van der Waals surface area (Å²) < 4.78 is 0.776. The summed E-state index contributed by atoms with van der Waals surface area (Å²) >= 11 is 3.45. The smallest absolute Gasteiger partial charge is 0.272 e. The molecule has 1 saturated heterocycles. The molecule has 0 saturated carbocycles. The Morgan fingerprint density at radius 1 is 1.21 bits per heavy atom. The van der Waals surface area contributed by atoms with Gasteiger partial charge in [0, 0.05) is 34.7 Å². The SMILES string of the molecule is CN1CCC(NC(=O)c2n[nH]c3c2CN(C(=O)c2ccccc2Br)CC3)CC1. The lowest BCUT2D eigenvalue weighted by Crippen LogP contribution is -2.44. The number of aromatic nitrogens is 2. The molecule has 0 unspecified atom stereocenters. The number of benzene rings is 1. The van der Waals surface area contributed by atoms with Crippen LogP contribution in [0.4, 0.5) is 0 Å². The average Bonchev–Trinajstić information content (AvgIpc) is 3.13. The number of fused-ring (bicyclic) bond motifs is 1. The number of piperidine rings is 1. The highest BCUT2D eigenvalue weighted by Crippen LogP contribution is 2.25. The fourth-order valence-corrected chi connectivity index (χ4v) is 4.32. The van der Waals surface area contributed by atoms with E-state index in [1.54, 1.807) is 4.90 Å². The van der Waals surface area contributed by atoms with Gasteiger partial charge in [-0.1, -0.05) is 12.1 Å². The van der Waals surface area contributed by atoms with Crippen LogP contribution < -0.4 is 5.32 Å². The molecule has 2 aliphatic heterocycles. The highest BCUT2D eigenvalue weighted by molar-refractivity contribution is 9.10. The zero-order chi connectivity index (χ0) is 19.7. The van der Waals surface area contributed by atoms with Gasteiger partial charge in [-0.3, -0.25) is 14.7 Å². The van der Waals surface area contributed by atoms with Crippen LogP contribution in [-0.2, 0) is 13.0 Å². The molecule has 0 bridgehead atoms. The van der Waals surface area contributed by atoms with Gasteiger partial charge < -0.3 is 15.1 Å². The summed E-state index contributed by atoms with van der Waals surface area (Å²) in [5.74, 6) is -0.191. The van der Waals surface area contributed by atoms with Gasteiger partial charge in [0.05, 0.1) is 12.1 Å². The number of amides is 2. The minimum Gasteiger partial charge on any atom is -0.348 e. The van der Waals surface area contributed by atoms with Crippen LogP contribution in [0.1, 0.15) is 44.9 Å². The first-order valence-electron chi connectivity index (χ1n) is 9.62. The minimum absolute atomic E-state index is 0.0407. The van der Waals surface area contributed by atoms with Crippen molar-refractivity contribution in [2.75, 3.05) is 26.7 Å². The maximum atomic E-state index is 12.9. The summed E-state index contributed by atoms with van der Waals surface area (Å²) in [5, 5.41) is 10.4. The Hall–Kier alpha value is -2.19. The first-order chi connectivity index (χ1) is 13.5. The Morgan fingerprint density at radius 2 is 1.96 bits per heavy atom. The number of carbonyl (C=O) groups is 2. The number of halogens is 1. The third-order valence-electron chi connectivity index (χ3n) is 5.59. The van der Waals surface area contributed by atoms with Crippen LogP contribution in [0, 0.1) is 0 Å². The van der Waals surface area contributed by atoms with Crippen LogP contribution in [0.15, 0.2) is 28.7 Å². The topological polar surface area (TPSA) is 81.3 Å². The van der Waals surface area contributed by atoms with E-state index in [1.165, 1.54) is 0 Å². The van der Waals surface area contributed by atoms with Crippen molar-refractivity contribution < 1.29 is 9.59 Å². The van der Waals surface area contributed by atoms with Crippen molar-refractivity contribution in [2.45, 2.75) is 31.8 Å². The number of aromatic amines is 1. The normalized spacial score (nSPS) is 18.0. The Bertz CT molecular complexity index is 888. The van der Waals surface area contributed by atoms with Gasteiger partial charge in [0.1, 0.15) is 0 Å². The van der Waals surface area contributed by atoms with Crippen molar-refractivity contribution in [3.63, 3.8) is 0 Å². The maximum absolute atomic E-state index is 12.9. The monoisotopic (exact) mass is 445 g/mol. The molecule has 7 nitrogen and oxygen atoms in total. The molecule has 8 heteroatoms. The third-order valence-corrected chi connectivity index (χ3v) is 6.29. The second-order valence-electron chi connectivity index (χ2n) is 7.54. The molecule has 2 aliphatic rings. The highest BCUT2D eigenvalue weighted by atomic mass is 79.9. The van der Waals surface area contributed by atoms with E-state index in [9.17, 15) is 9.59 Å². The van der Waals surface area contributed by atoms with E-state index in [4.69, 9.17) is 0 Å². The standard InChI is InChI=1S/C20H24BrN5O2/c1-25-9-6-13(7-10-25)22-19(27)18-15-12-26(11-8-17(15)23-24-18)20(28)14-4-2-3-5-16(14)21/h2-5,13H,6-12H2,1H3,(H,22,27)(H,23,24). The highest BCUT2D eigenvalue weighted by Gasteiger charge is 2.30. The number of nitrogens with one attached hydrogen (secondary N) is 2. The summed E-state index contributed by atoms with van der Waals surface area (Å²) in [6.45, 7) is 2.96.